The topological polar surface area (TPSA) is 40.5 Å². The average molecular weight is 276 g/mol. The lowest BCUT2D eigenvalue weighted by atomic mass is 10.1. The largest absolute Gasteiger partial charge is 0.480 e. The molecule has 3 nitrogen and oxygen atoms in total. The zero-order valence-corrected chi connectivity index (χ0v) is 11.2. The van der Waals surface area contributed by atoms with Gasteiger partial charge in [0.05, 0.1) is 0 Å². The molecule has 0 radical (unpaired) electrons. The molecule has 2 atom stereocenters. The van der Waals surface area contributed by atoms with Crippen molar-refractivity contribution < 1.29 is 9.90 Å². The van der Waals surface area contributed by atoms with Gasteiger partial charge in [0.25, 0.3) is 0 Å². The third kappa shape index (κ3) is 4.19. The lowest BCUT2D eigenvalue weighted by molar-refractivity contribution is -0.137. The average Bonchev–Trinajstić information content (AvgIpc) is 2.27. The molecule has 0 saturated carbocycles. The van der Waals surface area contributed by atoms with E-state index in [1.54, 1.807) is 6.07 Å². The van der Waals surface area contributed by atoms with E-state index in [0.717, 1.165) is 5.56 Å². The van der Waals surface area contributed by atoms with Gasteiger partial charge in [-0.25, -0.2) is 0 Å². The highest BCUT2D eigenvalue weighted by atomic mass is 35.5. The lowest BCUT2D eigenvalue weighted by Crippen LogP contribution is -2.32. The second-order valence-corrected chi connectivity index (χ2v) is 4.94. The molecule has 1 rings (SSSR count). The van der Waals surface area contributed by atoms with E-state index in [-0.39, 0.29) is 12.6 Å². The summed E-state index contributed by atoms with van der Waals surface area (Å²) in [5.74, 6) is -1.00. The van der Waals surface area contributed by atoms with Crippen molar-refractivity contribution in [2.75, 3.05) is 13.6 Å². The number of halogens is 2. The number of benzene rings is 1. The molecule has 1 aromatic carbocycles. The normalized spacial score (nSPS) is 14.6. The van der Waals surface area contributed by atoms with Gasteiger partial charge in [0.1, 0.15) is 5.38 Å². The van der Waals surface area contributed by atoms with Gasteiger partial charge in [0.2, 0.25) is 0 Å². The summed E-state index contributed by atoms with van der Waals surface area (Å²) in [6.45, 7) is 2.27. The summed E-state index contributed by atoms with van der Waals surface area (Å²) in [4.78, 5) is 12.6. The second kappa shape index (κ2) is 6.24. The maximum absolute atomic E-state index is 10.7. The van der Waals surface area contributed by atoms with Crippen LogP contribution in [0.4, 0.5) is 0 Å². The Morgan fingerprint density at radius 1 is 1.53 bits per heavy atom. The van der Waals surface area contributed by atoms with Crippen molar-refractivity contribution in [2.24, 2.45) is 0 Å². The summed E-state index contributed by atoms with van der Waals surface area (Å²) in [6, 6.07) is 7.56. The van der Waals surface area contributed by atoms with E-state index in [4.69, 9.17) is 28.3 Å². The minimum atomic E-state index is -1.00. The van der Waals surface area contributed by atoms with E-state index in [9.17, 15) is 4.79 Å². The molecule has 1 aromatic rings. The second-order valence-electron chi connectivity index (χ2n) is 3.98. The maximum atomic E-state index is 10.7. The fourth-order valence-electron chi connectivity index (χ4n) is 1.51. The molecule has 2 unspecified atom stereocenters. The first kappa shape index (κ1) is 14.3. The molecule has 0 amide bonds. The molecule has 17 heavy (non-hydrogen) atoms. The third-order valence-corrected chi connectivity index (χ3v) is 3.27. The fraction of sp³-hybridized carbons (Fsp3) is 0.417. The van der Waals surface area contributed by atoms with Gasteiger partial charge in [0.15, 0.2) is 0 Å². The first-order valence-corrected chi connectivity index (χ1v) is 6.06. The molecule has 0 fully saturated rings. The number of carboxylic acid groups (broad SMARTS) is 1. The summed E-state index contributed by atoms with van der Waals surface area (Å²) < 4.78 is 0. The van der Waals surface area contributed by atoms with E-state index in [0.29, 0.717) is 5.02 Å². The minimum absolute atomic E-state index is 0.0642. The molecule has 0 spiro atoms. The Morgan fingerprint density at radius 2 is 2.18 bits per heavy atom. The number of alkyl halides is 1. The van der Waals surface area contributed by atoms with Crippen LogP contribution in [-0.4, -0.2) is 34.9 Å². The number of carbonyl (C=O) groups is 1. The summed E-state index contributed by atoms with van der Waals surface area (Å²) >= 11 is 11.6. The van der Waals surface area contributed by atoms with Crippen molar-refractivity contribution in [1.82, 2.24) is 4.90 Å². The van der Waals surface area contributed by atoms with E-state index in [2.05, 4.69) is 0 Å². The van der Waals surface area contributed by atoms with Gasteiger partial charge in [0, 0.05) is 17.6 Å². The number of aliphatic carboxylic acids is 1. The third-order valence-electron chi connectivity index (χ3n) is 2.71. The van der Waals surface area contributed by atoms with Crippen LogP contribution in [0.5, 0.6) is 0 Å². The smallest absolute Gasteiger partial charge is 0.322 e. The number of hydrogen-bond acceptors (Lipinski definition) is 2. The van der Waals surface area contributed by atoms with E-state index in [1.807, 2.05) is 37.1 Å². The number of hydrogen-bond donors (Lipinski definition) is 1. The van der Waals surface area contributed by atoms with Crippen LogP contribution < -0.4 is 0 Å². The SMILES string of the molecule is CC(c1cccc(Cl)c1)N(C)CC(Cl)C(=O)O. The Labute approximate surface area is 111 Å². The van der Waals surface area contributed by atoms with Crippen LogP contribution in [0.2, 0.25) is 5.02 Å². The molecular formula is C12H15Cl2NO2. The molecule has 0 bridgehead atoms. The van der Waals surface area contributed by atoms with Gasteiger partial charge in [-0.3, -0.25) is 9.69 Å². The van der Waals surface area contributed by atoms with Crippen LogP contribution in [0.1, 0.15) is 18.5 Å². The predicted molar refractivity (Wildman–Crippen MR) is 69.8 cm³/mol. The fourth-order valence-corrected chi connectivity index (χ4v) is 1.93. The van der Waals surface area contributed by atoms with Crippen LogP contribution >= 0.6 is 23.2 Å². The Balaban J connectivity index is 2.69. The summed E-state index contributed by atoms with van der Waals surface area (Å²) in [6.07, 6.45) is 0. The van der Waals surface area contributed by atoms with Crippen LogP contribution in [0.15, 0.2) is 24.3 Å². The molecule has 0 aliphatic rings. The highest BCUT2D eigenvalue weighted by Crippen LogP contribution is 2.22. The van der Waals surface area contributed by atoms with E-state index < -0.39 is 11.3 Å². The van der Waals surface area contributed by atoms with Crippen LogP contribution in [0, 0.1) is 0 Å². The van der Waals surface area contributed by atoms with Crippen molar-refractivity contribution in [3.8, 4) is 0 Å². The Morgan fingerprint density at radius 3 is 2.71 bits per heavy atom. The predicted octanol–water partition coefficient (Wildman–Crippen LogP) is 3.02. The van der Waals surface area contributed by atoms with Gasteiger partial charge in [-0.15, -0.1) is 11.6 Å². The van der Waals surface area contributed by atoms with Crippen LogP contribution in [-0.2, 0) is 4.79 Å². The summed E-state index contributed by atoms with van der Waals surface area (Å²) in [5.41, 5.74) is 1.04. The molecule has 1 N–H and O–H groups in total. The number of carboxylic acids is 1. The van der Waals surface area contributed by atoms with Gasteiger partial charge in [-0.05, 0) is 31.7 Å². The van der Waals surface area contributed by atoms with Crippen molar-refractivity contribution in [2.45, 2.75) is 18.3 Å². The van der Waals surface area contributed by atoms with Crippen molar-refractivity contribution in [3.05, 3.63) is 34.9 Å². The molecule has 0 aliphatic heterocycles. The van der Waals surface area contributed by atoms with Crippen molar-refractivity contribution in [3.63, 3.8) is 0 Å². The zero-order valence-electron chi connectivity index (χ0n) is 9.73. The minimum Gasteiger partial charge on any atom is -0.480 e. The first-order valence-electron chi connectivity index (χ1n) is 5.24. The first-order chi connectivity index (χ1) is 7.91. The zero-order chi connectivity index (χ0) is 13.0. The molecule has 0 aromatic heterocycles. The number of rotatable bonds is 5. The van der Waals surface area contributed by atoms with E-state index >= 15 is 0 Å². The van der Waals surface area contributed by atoms with E-state index in [1.165, 1.54) is 0 Å². The summed E-state index contributed by atoms with van der Waals surface area (Å²) in [5, 5.41) is 8.52. The van der Waals surface area contributed by atoms with Crippen LogP contribution in [0.25, 0.3) is 0 Å². The molecule has 0 saturated heterocycles. The molecule has 94 valence electrons. The lowest BCUT2D eigenvalue weighted by Gasteiger charge is -2.26. The highest BCUT2D eigenvalue weighted by Gasteiger charge is 2.20. The quantitative estimate of drug-likeness (QED) is 0.840. The molecule has 5 heteroatoms. The van der Waals surface area contributed by atoms with Gasteiger partial charge < -0.3 is 5.11 Å². The number of nitrogens with zero attached hydrogens (tertiary/aromatic N) is 1. The Kier molecular flexibility index (Phi) is 5.25. The highest BCUT2D eigenvalue weighted by molar-refractivity contribution is 6.30. The van der Waals surface area contributed by atoms with Gasteiger partial charge in [-0.2, -0.15) is 0 Å². The van der Waals surface area contributed by atoms with Gasteiger partial charge in [-0.1, -0.05) is 23.7 Å². The van der Waals surface area contributed by atoms with Crippen molar-refractivity contribution in [1.29, 1.82) is 0 Å². The standard InChI is InChI=1S/C12H15Cl2NO2/c1-8(9-4-3-5-10(13)6-9)15(2)7-11(14)12(16)17/h3-6,8,11H,7H2,1-2H3,(H,16,17). The summed E-state index contributed by atoms with van der Waals surface area (Å²) in [7, 11) is 1.84. The van der Waals surface area contributed by atoms with Crippen molar-refractivity contribution >= 4 is 29.2 Å². The van der Waals surface area contributed by atoms with Gasteiger partial charge >= 0.3 is 5.97 Å². The maximum Gasteiger partial charge on any atom is 0.322 e. The Hall–Kier alpha value is -0.770. The monoisotopic (exact) mass is 275 g/mol. The molecule has 0 aliphatic carbocycles. The molecule has 0 heterocycles. The van der Waals surface area contributed by atoms with Crippen LogP contribution in [0.3, 0.4) is 0 Å². The Bertz CT molecular complexity index is 398. The molecular weight excluding hydrogens is 261 g/mol.